The Morgan fingerprint density at radius 2 is 1.79 bits per heavy atom. The van der Waals surface area contributed by atoms with Crippen LogP contribution in [0.3, 0.4) is 0 Å². The van der Waals surface area contributed by atoms with E-state index in [9.17, 15) is 14.7 Å². The number of aryl methyl sites for hydroxylation is 1. The number of nitrogens with one attached hydrogen (secondary N) is 1. The third kappa shape index (κ3) is 4.34. The second-order valence-electron chi connectivity index (χ2n) is 6.31. The molecule has 0 fully saturated rings. The lowest BCUT2D eigenvalue weighted by atomic mass is 10.1. The molecule has 0 aliphatic carbocycles. The predicted molar refractivity (Wildman–Crippen MR) is 114 cm³/mol. The van der Waals surface area contributed by atoms with Crippen LogP contribution in [0, 0.1) is 13.8 Å². The lowest BCUT2D eigenvalue weighted by molar-refractivity contribution is 0.0696. The van der Waals surface area contributed by atoms with E-state index in [0.29, 0.717) is 16.3 Å². The van der Waals surface area contributed by atoms with Crippen molar-refractivity contribution >= 4 is 41.3 Å². The van der Waals surface area contributed by atoms with Gasteiger partial charge in [-0.05, 0) is 50.2 Å². The number of amides is 1. The molecule has 1 heterocycles. The lowest BCUT2D eigenvalue weighted by Gasteiger charge is -2.12. The van der Waals surface area contributed by atoms with E-state index in [1.807, 2.05) is 24.5 Å². The molecule has 3 aromatic rings. The van der Waals surface area contributed by atoms with Crippen LogP contribution in [-0.2, 0) is 0 Å². The highest BCUT2D eigenvalue weighted by Crippen LogP contribution is 2.24. The maximum Gasteiger partial charge on any atom is 0.337 e. The summed E-state index contributed by atoms with van der Waals surface area (Å²) in [6.07, 6.45) is 1.51. The van der Waals surface area contributed by atoms with E-state index in [1.54, 1.807) is 30.3 Å². The molecule has 0 atom stereocenters. The number of nitrogens with zero attached hydrogens (tertiary/aromatic N) is 2. The van der Waals surface area contributed by atoms with Gasteiger partial charge >= 0.3 is 5.97 Å². The van der Waals surface area contributed by atoms with Crippen molar-refractivity contribution in [2.45, 2.75) is 13.8 Å². The monoisotopic (exact) mass is 429 g/mol. The van der Waals surface area contributed by atoms with Crippen molar-refractivity contribution in [3.05, 3.63) is 86.7 Å². The normalized spacial score (nSPS) is 11.0. The van der Waals surface area contributed by atoms with Gasteiger partial charge in [-0.3, -0.25) is 4.79 Å². The Bertz CT molecular complexity index is 1140. The molecule has 1 aromatic heterocycles. The topological polar surface area (TPSA) is 83.7 Å². The average molecular weight is 430 g/mol. The summed E-state index contributed by atoms with van der Waals surface area (Å²) in [5.41, 5.74) is 5.92. The Morgan fingerprint density at radius 3 is 2.48 bits per heavy atom. The van der Waals surface area contributed by atoms with Crippen LogP contribution < -0.4 is 5.43 Å². The molecule has 0 spiro atoms. The molecule has 0 aliphatic heterocycles. The van der Waals surface area contributed by atoms with Crippen molar-refractivity contribution < 1.29 is 14.7 Å². The zero-order valence-electron chi connectivity index (χ0n) is 15.6. The first-order valence-electron chi connectivity index (χ1n) is 8.59. The van der Waals surface area contributed by atoms with Crippen molar-refractivity contribution in [1.82, 2.24) is 9.99 Å². The molecular weight excluding hydrogens is 413 g/mol. The number of hydrogen-bond donors (Lipinski definition) is 2. The summed E-state index contributed by atoms with van der Waals surface area (Å²) in [4.78, 5) is 23.7. The molecule has 29 heavy (non-hydrogen) atoms. The van der Waals surface area contributed by atoms with Crippen LogP contribution in [0.15, 0.2) is 53.6 Å². The quantitative estimate of drug-likeness (QED) is 0.448. The Morgan fingerprint density at radius 1 is 1.07 bits per heavy atom. The van der Waals surface area contributed by atoms with E-state index >= 15 is 0 Å². The van der Waals surface area contributed by atoms with Gasteiger partial charge < -0.3 is 9.67 Å². The van der Waals surface area contributed by atoms with Crippen LogP contribution in [0.5, 0.6) is 0 Å². The zero-order valence-corrected chi connectivity index (χ0v) is 17.1. The van der Waals surface area contributed by atoms with Crippen molar-refractivity contribution in [2.75, 3.05) is 0 Å². The number of hydrogen-bond acceptors (Lipinski definition) is 3. The van der Waals surface area contributed by atoms with Gasteiger partial charge in [-0.1, -0.05) is 35.3 Å². The van der Waals surface area contributed by atoms with Gasteiger partial charge in [0.2, 0.25) is 0 Å². The summed E-state index contributed by atoms with van der Waals surface area (Å²) in [6, 6.07) is 13.2. The number of halogens is 2. The summed E-state index contributed by atoms with van der Waals surface area (Å²) in [6.45, 7) is 3.73. The van der Waals surface area contributed by atoms with E-state index in [-0.39, 0.29) is 10.6 Å². The summed E-state index contributed by atoms with van der Waals surface area (Å²) >= 11 is 11.8. The predicted octanol–water partition coefficient (Wildman–Crippen LogP) is 4.86. The summed E-state index contributed by atoms with van der Waals surface area (Å²) in [7, 11) is 0. The molecule has 8 heteroatoms. The summed E-state index contributed by atoms with van der Waals surface area (Å²) in [5.74, 6) is -1.43. The molecule has 0 aliphatic rings. The number of aromatic carboxylic acids is 1. The van der Waals surface area contributed by atoms with Crippen molar-refractivity contribution in [3.63, 3.8) is 0 Å². The van der Waals surface area contributed by atoms with Crippen LogP contribution >= 0.6 is 23.2 Å². The van der Waals surface area contributed by atoms with Gasteiger partial charge in [0, 0.05) is 22.5 Å². The van der Waals surface area contributed by atoms with Gasteiger partial charge in [0.25, 0.3) is 5.91 Å². The van der Waals surface area contributed by atoms with E-state index < -0.39 is 11.9 Å². The maximum atomic E-state index is 12.2. The standard InChI is InChI=1S/C21H17Cl2N3O3/c1-12-9-15(11-24-25-20(27)14-7-8-17(22)18(23)10-14)13(2)26(12)19-6-4-3-5-16(19)21(28)29/h3-11H,1-2H3,(H,25,27)(H,28,29)/b24-11-. The van der Waals surface area contributed by atoms with Gasteiger partial charge in [-0.2, -0.15) is 5.10 Å². The fraction of sp³-hybridized carbons (Fsp3) is 0.0952. The van der Waals surface area contributed by atoms with Gasteiger partial charge in [0.1, 0.15) is 0 Å². The second kappa shape index (κ2) is 8.51. The summed E-state index contributed by atoms with van der Waals surface area (Å²) < 4.78 is 1.84. The van der Waals surface area contributed by atoms with E-state index in [0.717, 1.165) is 17.0 Å². The average Bonchev–Trinajstić information content (AvgIpc) is 2.97. The highest BCUT2D eigenvalue weighted by Gasteiger charge is 2.16. The Labute approximate surface area is 177 Å². The molecule has 3 rings (SSSR count). The van der Waals surface area contributed by atoms with Gasteiger partial charge in [0.15, 0.2) is 0 Å². The van der Waals surface area contributed by atoms with E-state index in [2.05, 4.69) is 10.5 Å². The van der Waals surface area contributed by atoms with Crippen LogP contribution in [0.1, 0.15) is 37.7 Å². The highest BCUT2D eigenvalue weighted by molar-refractivity contribution is 6.42. The van der Waals surface area contributed by atoms with Crippen LogP contribution in [0.2, 0.25) is 10.0 Å². The number of carbonyl (C=O) groups excluding carboxylic acids is 1. The highest BCUT2D eigenvalue weighted by atomic mass is 35.5. The van der Waals surface area contributed by atoms with Crippen LogP contribution in [-0.4, -0.2) is 27.8 Å². The van der Waals surface area contributed by atoms with Crippen molar-refractivity contribution in [3.8, 4) is 5.69 Å². The minimum absolute atomic E-state index is 0.200. The number of aromatic nitrogens is 1. The molecule has 6 nitrogen and oxygen atoms in total. The first kappa shape index (κ1) is 20.6. The third-order valence-electron chi connectivity index (χ3n) is 4.40. The minimum atomic E-state index is -1.00. The summed E-state index contributed by atoms with van der Waals surface area (Å²) in [5, 5.41) is 14.1. The molecule has 2 N–H and O–H groups in total. The molecule has 0 radical (unpaired) electrons. The number of carbonyl (C=O) groups is 2. The fourth-order valence-electron chi connectivity index (χ4n) is 3.00. The largest absolute Gasteiger partial charge is 0.478 e. The van der Waals surface area contributed by atoms with Crippen LogP contribution in [0.25, 0.3) is 5.69 Å². The SMILES string of the molecule is Cc1cc(/C=N\NC(=O)c2ccc(Cl)c(Cl)c2)c(C)n1-c1ccccc1C(=O)O. The van der Waals surface area contributed by atoms with Crippen LogP contribution in [0.4, 0.5) is 0 Å². The second-order valence-corrected chi connectivity index (χ2v) is 7.13. The van der Waals surface area contributed by atoms with Gasteiger partial charge in [-0.15, -0.1) is 0 Å². The smallest absolute Gasteiger partial charge is 0.337 e. The van der Waals surface area contributed by atoms with Crippen molar-refractivity contribution in [2.24, 2.45) is 5.10 Å². The number of carboxylic acids is 1. The lowest BCUT2D eigenvalue weighted by Crippen LogP contribution is -2.17. The number of rotatable bonds is 5. The maximum absolute atomic E-state index is 12.2. The Balaban J connectivity index is 1.85. The zero-order chi connectivity index (χ0) is 21.1. The molecule has 0 saturated heterocycles. The Hall–Kier alpha value is -3.09. The molecule has 0 saturated carbocycles. The molecule has 0 bridgehead atoms. The van der Waals surface area contributed by atoms with Gasteiger partial charge in [-0.25, -0.2) is 10.2 Å². The van der Waals surface area contributed by atoms with Gasteiger partial charge in [0.05, 0.1) is 27.5 Å². The third-order valence-corrected chi connectivity index (χ3v) is 5.14. The fourth-order valence-corrected chi connectivity index (χ4v) is 3.30. The number of carboxylic acid groups (broad SMARTS) is 1. The minimum Gasteiger partial charge on any atom is -0.478 e. The first-order chi connectivity index (χ1) is 13.8. The number of hydrazone groups is 1. The Kier molecular flexibility index (Phi) is 6.06. The molecule has 1 amide bonds. The van der Waals surface area contributed by atoms with E-state index in [4.69, 9.17) is 23.2 Å². The molecule has 0 unspecified atom stereocenters. The molecule has 148 valence electrons. The first-order valence-corrected chi connectivity index (χ1v) is 9.35. The molecular formula is C21H17Cl2N3O3. The van der Waals surface area contributed by atoms with E-state index in [1.165, 1.54) is 18.3 Å². The number of benzene rings is 2. The number of para-hydroxylation sites is 1. The van der Waals surface area contributed by atoms with Crippen molar-refractivity contribution in [1.29, 1.82) is 0 Å². The molecule has 2 aromatic carbocycles.